The highest BCUT2D eigenvalue weighted by molar-refractivity contribution is 7.92. The molecule has 230 valence electrons. The predicted molar refractivity (Wildman–Crippen MR) is 173 cm³/mol. The number of likely N-dealkylation sites (N-methyl/N-ethyl adjacent to an activating group) is 1. The molecule has 1 N–H and O–H groups in total. The zero-order chi connectivity index (χ0) is 31.9. The van der Waals surface area contributed by atoms with E-state index < -0.39 is 28.5 Å². The van der Waals surface area contributed by atoms with Crippen LogP contribution in [0.4, 0.5) is 5.69 Å². The van der Waals surface area contributed by atoms with Crippen molar-refractivity contribution in [2.75, 3.05) is 25.0 Å². The molecule has 0 aliphatic rings. The Morgan fingerprint density at radius 3 is 2.20 bits per heavy atom. The van der Waals surface area contributed by atoms with Gasteiger partial charge in [0.1, 0.15) is 18.3 Å². The van der Waals surface area contributed by atoms with Crippen molar-refractivity contribution in [2.45, 2.75) is 37.8 Å². The summed E-state index contributed by atoms with van der Waals surface area (Å²) in [6.07, 6.45) is 0.220. The SMILES string of the molecule is CNC(=O)[C@@H](Cc1ccccc1)N(Cc1cccc(OC)c1)C(=O)CN(c1ccc(C)c(Cl)c1)S(=O)(=O)c1ccc(C)cc1. The molecule has 0 spiro atoms. The Balaban J connectivity index is 1.81. The number of nitrogens with one attached hydrogen (secondary N) is 1. The largest absolute Gasteiger partial charge is 0.497 e. The summed E-state index contributed by atoms with van der Waals surface area (Å²) < 4.78 is 34.6. The Hall–Kier alpha value is -4.34. The Kier molecular flexibility index (Phi) is 10.7. The number of ether oxygens (including phenoxy) is 1. The summed E-state index contributed by atoms with van der Waals surface area (Å²) in [4.78, 5) is 29.2. The second-order valence-electron chi connectivity index (χ2n) is 10.5. The van der Waals surface area contributed by atoms with Crippen LogP contribution < -0.4 is 14.4 Å². The fourth-order valence-corrected chi connectivity index (χ4v) is 6.37. The lowest BCUT2D eigenvalue weighted by Crippen LogP contribution is -2.53. The van der Waals surface area contributed by atoms with Gasteiger partial charge in [-0.05, 0) is 66.9 Å². The van der Waals surface area contributed by atoms with Gasteiger partial charge >= 0.3 is 0 Å². The number of hydrogen-bond donors (Lipinski definition) is 1. The van der Waals surface area contributed by atoms with Gasteiger partial charge in [0.15, 0.2) is 0 Å². The molecular formula is C34H36ClN3O5S. The van der Waals surface area contributed by atoms with E-state index in [0.29, 0.717) is 16.3 Å². The molecule has 44 heavy (non-hydrogen) atoms. The molecule has 4 aromatic carbocycles. The standard InChI is InChI=1S/C34H36ClN3O5S/c1-24-13-17-30(18-14-24)44(41,42)38(28-16-15-25(2)31(35)21-28)23-33(39)37(22-27-11-8-12-29(19-27)43-4)32(34(40)36-3)20-26-9-6-5-7-10-26/h5-19,21,32H,20,22-23H2,1-4H3,(H,36,40)/t32-/m1/s1. The van der Waals surface area contributed by atoms with Gasteiger partial charge in [-0.3, -0.25) is 13.9 Å². The number of anilines is 1. The average molecular weight is 634 g/mol. The van der Waals surface area contributed by atoms with Crippen LogP contribution in [0.25, 0.3) is 0 Å². The Morgan fingerprint density at radius 1 is 0.886 bits per heavy atom. The number of rotatable bonds is 12. The monoisotopic (exact) mass is 633 g/mol. The number of carbonyl (C=O) groups is 2. The van der Waals surface area contributed by atoms with E-state index in [1.807, 2.05) is 50.2 Å². The number of sulfonamides is 1. The van der Waals surface area contributed by atoms with Crippen LogP contribution in [0, 0.1) is 13.8 Å². The molecule has 0 aliphatic heterocycles. The van der Waals surface area contributed by atoms with Crippen LogP contribution in [0.5, 0.6) is 5.75 Å². The third-order valence-electron chi connectivity index (χ3n) is 7.34. The maximum Gasteiger partial charge on any atom is 0.264 e. The van der Waals surface area contributed by atoms with Crippen LogP contribution in [-0.2, 0) is 32.6 Å². The maximum atomic E-state index is 14.4. The second kappa shape index (κ2) is 14.4. The van der Waals surface area contributed by atoms with E-state index in [2.05, 4.69) is 5.32 Å². The molecule has 10 heteroatoms. The molecule has 0 aliphatic carbocycles. The van der Waals surface area contributed by atoms with E-state index in [-0.39, 0.29) is 29.5 Å². The topological polar surface area (TPSA) is 96.0 Å². The number of methoxy groups -OCH3 is 1. The van der Waals surface area contributed by atoms with Gasteiger partial charge < -0.3 is 15.0 Å². The van der Waals surface area contributed by atoms with Gasteiger partial charge in [0.05, 0.1) is 17.7 Å². The van der Waals surface area contributed by atoms with E-state index in [9.17, 15) is 18.0 Å². The number of benzene rings is 4. The van der Waals surface area contributed by atoms with E-state index >= 15 is 0 Å². The first-order chi connectivity index (χ1) is 21.0. The molecule has 0 bridgehead atoms. The minimum Gasteiger partial charge on any atom is -0.497 e. The van der Waals surface area contributed by atoms with Gasteiger partial charge in [-0.15, -0.1) is 0 Å². The van der Waals surface area contributed by atoms with Crippen LogP contribution in [0.3, 0.4) is 0 Å². The molecule has 0 aromatic heterocycles. The quantitative estimate of drug-likeness (QED) is 0.221. The molecule has 0 fully saturated rings. The van der Waals surface area contributed by atoms with E-state index in [1.165, 1.54) is 30.1 Å². The van der Waals surface area contributed by atoms with Crippen molar-refractivity contribution < 1.29 is 22.7 Å². The van der Waals surface area contributed by atoms with Crippen molar-refractivity contribution in [3.63, 3.8) is 0 Å². The lowest BCUT2D eigenvalue weighted by atomic mass is 10.0. The zero-order valence-corrected chi connectivity index (χ0v) is 26.7. The first kappa shape index (κ1) is 32.6. The fraction of sp³-hybridized carbons (Fsp3) is 0.235. The summed E-state index contributed by atoms with van der Waals surface area (Å²) in [6.45, 7) is 3.14. The minimum absolute atomic E-state index is 0.0269. The second-order valence-corrected chi connectivity index (χ2v) is 12.7. The van der Waals surface area contributed by atoms with Gasteiger partial charge in [-0.1, -0.05) is 77.8 Å². The summed E-state index contributed by atoms with van der Waals surface area (Å²) in [5.74, 6) is -0.353. The Labute approximate surface area is 264 Å². The number of nitrogens with zero attached hydrogens (tertiary/aromatic N) is 2. The molecule has 4 aromatic rings. The highest BCUT2D eigenvalue weighted by Gasteiger charge is 2.34. The van der Waals surface area contributed by atoms with E-state index in [4.69, 9.17) is 16.3 Å². The molecule has 1 atom stereocenters. The lowest BCUT2D eigenvalue weighted by Gasteiger charge is -2.33. The summed E-state index contributed by atoms with van der Waals surface area (Å²) in [5.41, 5.74) is 3.45. The summed E-state index contributed by atoms with van der Waals surface area (Å²) in [5, 5.41) is 3.04. The molecule has 0 saturated carbocycles. The van der Waals surface area contributed by atoms with Crippen molar-refractivity contribution in [2.24, 2.45) is 0 Å². The highest BCUT2D eigenvalue weighted by atomic mass is 35.5. The highest BCUT2D eigenvalue weighted by Crippen LogP contribution is 2.29. The predicted octanol–water partition coefficient (Wildman–Crippen LogP) is 5.55. The maximum absolute atomic E-state index is 14.4. The average Bonchev–Trinajstić information content (AvgIpc) is 3.03. The number of halogens is 1. The van der Waals surface area contributed by atoms with Crippen molar-refractivity contribution >= 4 is 39.1 Å². The molecular weight excluding hydrogens is 598 g/mol. The number of amides is 2. The van der Waals surface area contributed by atoms with Gasteiger partial charge in [0, 0.05) is 25.0 Å². The first-order valence-electron chi connectivity index (χ1n) is 14.1. The third kappa shape index (κ3) is 7.78. The van der Waals surface area contributed by atoms with Crippen molar-refractivity contribution in [3.05, 3.63) is 124 Å². The van der Waals surface area contributed by atoms with Crippen LogP contribution in [0.15, 0.2) is 102 Å². The van der Waals surface area contributed by atoms with Crippen molar-refractivity contribution in [1.82, 2.24) is 10.2 Å². The van der Waals surface area contributed by atoms with Gasteiger partial charge in [-0.2, -0.15) is 0 Å². The number of hydrogen-bond acceptors (Lipinski definition) is 5. The summed E-state index contributed by atoms with van der Waals surface area (Å²) in [6, 6.07) is 26.9. The summed E-state index contributed by atoms with van der Waals surface area (Å²) in [7, 11) is -1.16. The Bertz CT molecular complexity index is 1710. The van der Waals surface area contributed by atoms with Gasteiger partial charge in [0.25, 0.3) is 10.0 Å². The van der Waals surface area contributed by atoms with Gasteiger partial charge in [0.2, 0.25) is 11.8 Å². The molecule has 0 heterocycles. The first-order valence-corrected chi connectivity index (χ1v) is 15.9. The van der Waals surface area contributed by atoms with E-state index in [1.54, 1.807) is 49.6 Å². The van der Waals surface area contributed by atoms with Gasteiger partial charge in [-0.25, -0.2) is 8.42 Å². The minimum atomic E-state index is -4.22. The summed E-state index contributed by atoms with van der Waals surface area (Å²) >= 11 is 6.43. The molecule has 4 rings (SSSR count). The normalized spacial score (nSPS) is 11.8. The van der Waals surface area contributed by atoms with E-state index in [0.717, 1.165) is 21.0 Å². The Morgan fingerprint density at radius 2 is 1.57 bits per heavy atom. The lowest BCUT2D eigenvalue weighted by molar-refractivity contribution is -0.139. The molecule has 8 nitrogen and oxygen atoms in total. The van der Waals surface area contributed by atoms with Crippen LogP contribution in [0.1, 0.15) is 22.3 Å². The fourth-order valence-electron chi connectivity index (χ4n) is 4.79. The zero-order valence-electron chi connectivity index (χ0n) is 25.2. The van der Waals surface area contributed by atoms with Crippen LogP contribution >= 0.6 is 11.6 Å². The van der Waals surface area contributed by atoms with Crippen LogP contribution in [0.2, 0.25) is 5.02 Å². The smallest absolute Gasteiger partial charge is 0.264 e. The molecule has 0 saturated heterocycles. The molecule has 0 unspecified atom stereocenters. The number of aryl methyl sites for hydroxylation is 2. The molecule has 2 amide bonds. The number of carbonyl (C=O) groups excluding carboxylic acids is 2. The van der Waals surface area contributed by atoms with Crippen molar-refractivity contribution in [1.29, 1.82) is 0 Å². The third-order valence-corrected chi connectivity index (χ3v) is 9.53. The molecule has 0 radical (unpaired) electrons. The van der Waals surface area contributed by atoms with Crippen LogP contribution in [-0.4, -0.2) is 51.9 Å². The van der Waals surface area contributed by atoms with Crippen molar-refractivity contribution in [3.8, 4) is 5.75 Å².